The summed E-state index contributed by atoms with van der Waals surface area (Å²) in [5.41, 5.74) is 0.512. The second-order valence-electron chi connectivity index (χ2n) is 4.88. The van der Waals surface area contributed by atoms with Gasteiger partial charge in [0.25, 0.3) is 5.91 Å². The SMILES string of the molecule is COc1ccc(O)c(C(=O)NCC2(C)CC2)c1. The fraction of sp³-hybridized carbons (Fsp3) is 0.462. The molecule has 2 rings (SSSR count). The van der Waals surface area contributed by atoms with Gasteiger partial charge in [0.05, 0.1) is 12.7 Å². The minimum atomic E-state index is -0.255. The third-order valence-electron chi connectivity index (χ3n) is 3.23. The first-order valence-corrected chi connectivity index (χ1v) is 5.69. The number of ether oxygens (including phenoxy) is 1. The van der Waals surface area contributed by atoms with Crippen LogP contribution in [0.15, 0.2) is 18.2 Å². The van der Waals surface area contributed by atoms with Gasteiger partial charge < -0.3 is 15.2 Å². The summed E-state index contributed by atoms with van der Waals surface area (Å²) in [6.07, 6.45) is 2.30. The van der Waals surface area contributed by atoms with Crippen LogP contribution in [0.2, 0.25) is 0 Å². The van der Waals surface area contributed by atoms with Gasteiger partial charge in [0.2, 0.25) is 0 Å². The van der Waals surface area contributed by atoms with E-state index in [0.29, 0.717) is 12.3 Å². The molecule has 1 aliphatic rings. The molecule has 0 aliphatic heterocycles. The molecule has 1 saturated carbocycles. The van der Waals surface area contributed by atoms with Crippen LogP contribution in [0.4, 0.5) is 0 Å². The van der Waals surface area contributed by atoms with E-state index in [1.54, 1.807) is 12.1 Å². The van der Waals surface area contributed by atoms with Crippen molar-refractivity contribution >= 4 is 5.91 Å². The Morgan fingerprint density at radius 2 is 2.24 bits per heavy atom. The van der Waals surface area contributed by atoms with E-state index < -0.39 is 0 Å². The topological polar surface area (TPSA) is 58.6 Å². The summed E-state index contributed by atoms with van der Waals surface area (Å²) in [6.45, 7) is 2.79. The Hall–Kier alpha value is -1.71. The van der Waals surface area contributed by atoms with Gasteiger partial charge in [0.15, 0.2) is 0 Å². The van der Waals surface area contributed by atoms with Gasteiger partial charge in [-0.1, -0.05) is 6.92 Å². The van der Waals surface area contributed by atoms with Crippen molar-refractivity contribution in [2.75, 3.05) is 13.7 Å². The zero-order valence-corrected chi connectivity index (χ0v) is 10.1. The van der Waals surface area contributed by atoms with Crippen LogP contribution >= 0.6 is 0 Å². The van der Waals surface area contributed by atoms with Crippen LogP contribution in [0.1, 0.15) is 30.1 Å². The van der Waals surface area contributed by atoms with E-state index in [2.05, 4.69) is 12.2 Å². The van der Waals surface area contributed by atoms with Crippen molar-refractivity contribution in [3.05, 3.63) is 23.8 Å². The smallest absolute Gasteiger partial charge is 0.255 e. The zero-order chi connectivity index (χ0) is 12.5. The molecular formula is C13H17NO3. The number of hydrogen-bond donors (Lipinski definition) is 2. The molecule has 2 N–H and O–H groups in total. The van der Waals surface area contributed by atoms with Crippen LogP contribution in [0, 0.1) is 5.41 Å². The van der Waals surface area contributed by atoms with Crippen LogP contribution in [0.25, 0.3) is 0 Å². The van der Waals surface area contributed by atoms with E-state index in [1.165, 1.54) is 13.2 Å². The van der Waals surface area contributed by atoms with Crippen molar-refractivity contribution in [1.29, 1.82) is 0 Å². The summed E-state index contributed by atoms with van der Waals surface area (Å²) < 4.78 is 5.03. The molecule has 1 aromatic carbocycles. The Morgan fingerprint density at radius 1 is 1.53 bits per heavy atom. The number of methoxy groups -OCH3 is 1. The molecule has 1 aromatic rings. The second kappa shape index (κ2) is 4.28. The van der Waals surface area contributed by atoms with E-state index in [9.17, 15) is 9.90 Å². The molecule has 1 fully saturated rings. The predicted molar refractivity (Wildman–Crippen MR) is 64.3 cm³/mol. The highest BCUT2D eigenvalue weighted by atomic mass is 16.5. The molecular weight excluding hydrogens is 218 g/mol. The molecule has 0 bridgehead atoms. The summed E-state index contributed by atoms with van der Waals surface area (Å²) in [4.78, 5) is 11.9. The van der Waals surface area contributed by atoms with Crippen LogP contribution in [0.3, 0.4) is 0 Å². The summed E-state index contributed by atoms with van der Waals surface area (Å²) in [5, 5.41) is 12.5. The van der Waals surface area contributed by atoms with Crippen LogP contribution in [-0.4, -0.2) is 24.7 Å². The number of aromatic hydroxyl groups is 1. The predicted octanol–water partition coefficient (Wildman–Crippen LogP) is 1.93. The van der Waals surface area contributed by atoms with Crippen molar-refractivity contribution in [3.63, 3.8) is 0 Å². The Bertz CT molecular complexity index is 438. The minimum absolute atomic E-state index is 0.0238. The monoisotopic (exact) mass is 235 g/mol. The highest BCUT2D eigenvalue weighted by Crippen LogP contribution is 2.44. The number of hydrogen-bond acceptors (Lipinski definition) is 3. The quantitative estimate of drug-likeness (QED) is 0.838. The molecule has 0 unspecified atom stereocenters. The van der Waals surface area contributed by atoms with E-state index in [1.807, 2.05) is 0 Å². The number of carbonyl (C=O) groups is 1. The maximum absolute atomic E-state index is 11.9. The number of nitrogens with one attached hydrogen (secondary N) is 1. The van der Waals surface area contributed by atoms with Gasteiger partial charge >= 0.3 is 0 Å². The first-order valence-electron chi connectivity index (χ1n) is 5.69. The molecule has 92 valence electrons. The lowest BCUT2D eigenvalue weighted by molar-refractivity contribution is 0.0943. The standard InChI is InChI=1S/C13H17NO3/c1-13(5-6-13)8-14-12(16)10-7-9(17-2)3-4-11(10)15/h3-4,7,15H,5-6,8H2,1-2H3,(H,14,16). The third kappa shape index (κ3) is 2.70. The molecule has 0 spiro atoms. The first-order chi connectivity index (χ1) is 8.04. The van der Waals surface area contributed by atoms with Gasteiger partial charge in [-0.3, -0.25) is 4.79 Å². The Balaban J connectivity index is 2.06. The number of rotatable bonds is 4. The Morgan fingerprint density at radius 3 is 2.82 bits per heavy atom. The summed E-state index contributed by atoms with van der Waals surface area (Å²) in [5.74, 6) is 0.282. The molecule has 1 aliphatic carbocycles. The van der Waals surface area contributed by atoms with E-state index >= 15 is 0 Å². The van der Waals surface area contributed by atoms with Crippen molar-refractivity contribution in [1.82, 2.24) is 5.32 Å². The zero-order valence-electron chi connectivity index (χ0n) is 10.1. The number of phenolic OH excluding ortho intramolecular Hbond substituents is 1. The van der Waals surface area contributed by atoms with Crippen LogP contribution in [-0.2, 0) is 0 Å². The molecule has 0 atom stereocenters. The maximum atomic E-state index is 11.9. The highest BCUT2D eigenvalue weighted by molar-refractivity contribution is 5.97. The van der Waals surface area contributed by atoms with Gasteiger partial charge in [-0.2, -0.15) is 0 Å². The molecule has 17 heavy (non-hydrogen) atoms. The van der Waals surface area contributed by atoms with Gasteiger partial charge in [0, 0.05) is 6.54 Å². The summed E-state index contributed by atoms with van der Waals surface area (Å²) in [6, 6.07) is 4.63. The van der Waals surface area contributed by atoms with Gasteiger partial charge in [-0.15, -0.1) is 0 Å². The van der Waals surface area contributed by atoms with Crippen LogP contribution in [0.5, 0.6) is 11.5 Å². The molecule has 4 heteroatoms. The fourth-order valence-corrected chi connectivity index (χ4v) is 1.60. The third-order valence-corrected chi connectivity index (χ3v) is 3.23. The molecule has 0 saturated heterocycles. The lowest BCUT2D eigenvalue weighted by Gasteiger charge is -2.11. The number of carbonyl (C=O) groups excluding carboxylic acids is 1. The van der Waals surface area contributed by atoms with Crippen molar-refractivity contribution < 1.29 is 14.6 Å². The largest absolute Gasteiger partial charge is 0.507 e. The van der Waals surface area contributed by atoms with E-state index in [0.717, 1.165) is 12.8 Å². The lowest BCUT2D eigenvalue weighted by Crippen LogP contribution is -2.29. The number of benzene rings is 1. The molecule has 0 aromatic heterocycles. The summed E-state index contributed by atoms with van der Waals surface area (Å²) >= 11 is 0. The van der Waals surface area contributed by atoms with E-state index in [4.69, 9.17) is 4.74 Å². The van der Waals surface area contributed by atoms with Crippen molar-refractivity contribution in [2.45, 2.75) is 19.8 Å². The maximum Gasteiger partial charge on any atom is 0.255 e. The van der Waals surface area contributed by atoms with Gasteiger partial charge in [-0.25, -0.2) is 0 Å². The number of amides is 1. The van der Waals surface area contributed by atoms with Crippen molar-refractivity contribution in [2.24, 2.45) is 5.41 Å². The average Bonchev–Trinajstić information content (AvgIpc) is 3.06. The molecule has 0 radical (unpaired) electrons. The molecule has 4 nitrogen and oxygen atoms in total. The highest BCUT2D eigenvalue weighted by Gasteiger charge is 2.37. The van der Waals surface area contributed by atoms with Crippen LogP contribution < -0.4 is 10.1 Å². The summed E-state index contributed by atoms with van der Waals surface area (Å²) in [7, 11) is 1.53. The Kier molecular flexibility index (Phi) is 2.96. The van der Waals surface area contributed by atoms with Gasteiger partial charge in [0.1, 0.15) is 11.5 Å². The second-order valence-corrected chi connectivity index (χ2v) is 4.88. The molecule has 0 heterocycles. The lowest BCUT2D eigenvalue weighted by atomic mass is 10.1. The number of phenols is 1. The van der Waals surface area contributed by atoms with Gasteiger partial charge in [-0.05, 0) is 36.5 Å². The average molecular weight is 235 g/mol. The fourth-order valence-electron chi connectivity index (χ4n) is 1.60. The first kappa shape index (κ1) is 11.8. The van der Waals surface area contributed by atoms with Crippen molar-refractivity contribution in [3.8, 4) is 11.5 Å². The normalized spacial score (nSPS) is 16.4. The van der Waals surface area contributed by atoms with E-state index in [-0.39, 0.29) is 22.6 Å². The molecule has 1 amide bonds. The minimum Gasteiger partial charge on any atom is -0.507 e. The Labute approximate surface area is 101 Å².